The van der Waals surface area contributed by atoms with Gasteiger partial charge in [0, 0.05) is 39.1 Å². The number of likely N-dealkylation sites (tertiary alicyclic amines) is 2. The first-order valence-electron chi connectivity index (χ1n) is 9.70. The second-order valence-electron chi connectivity index (χ2n) is 6.93. The minimum Gasteiger partial charge on any atom is -0.356 e. The lowest BCUT2D eigenvalue weighted by molar-refractivity contribution is -0.129. The summed E-state index contributed by atoms with van der Waals surface area (Å²) in [6, 6.07) is 0.317. The van der Waals surface area contributed by atoms with Crippen LogP contribution >= 0.6 is 0 Å². The third-order valence-corrected chi connectivity index (χ3v) is 5.05. The smallest absolute Gasteiger partial charge is 0.222 e. The van der Waals surface area contributed by atoms with Crippen molar-refractivity contribution in [3.63, 3.8) is 0 Å². The van der Waals surface area contributed by atoms with Crippen molar-refractivity contribution in [2.45, 2.75) is 57.9 Å². The maximum Gasteiger partial charge on any atom is 0.222 e. The molecule has 6 nitrogen and oxygen atoms in total. The molecule has 0 saturated carbocycles. The van der Waals surface area contributed by atoms with Gasteiger partial charge in [0.1, 0.15) is 0 Å². The second-order valence-corrected chi connectivity index (χ2v) is 6.93. The lowest BCUT2D eigenvalue weighted by atomic mass is 10.2. The molecule has 2 aliphatic heterocycles. The van der Waals surface area contributed by atoms with Crippen LogP contribution in [0.15, 0.2) is 4.99 Å². The van der Waals surface area contributed by atoms with Crippen molar-refractivity contribution in [3.05, 3.63) is 0 Å². The number of guanidine groups is 1. The lowest BCUT2D eigenvalue weighted by Crippen LogP contribution is -2.45. The van der Waals surface area contributed by atoms with E-state index in [0.717, 1.165) is 38.4 Å². The van der Waals surface area contributed by atoms with Gasteiger partial charge in [-0.25, -0.2) is 0 Å². The molecule has 138 valence electrons. The van der Waals surface area contributed by atoms with Crippen LogP contribution in [0.2, 0.25) is 0 Å². The van der Waals surface area contributed by atoms with Crippen LogP contribution in [0.25, 0.3) is 0 Å². The van der Waals surface area contributed by atoms with Crippen molar-refractivity contribution in [1.29, 1.82) is 0 Å². The highest BCUT2D eigenvalue weighted by molar-refractivity contribution is 5.80. The number of nitrogens with one attached hydrogen (secondary N) is 2. The first-order chi connectivity index (χ1) is 11.7. The van der Waals surface area contributed by atoms with Gasteiger partial charge in [-0.2, -0.15) is 0 Å². The summed E-state index contributed by atoms with van der Waals surface area (Å²) in [4.78, 5) is 20.6. The van der Waals surface area contributed by atoms with E-state index in [-0.39, 0.29) is 5.91 Å². The maximum atomic E-state index is 11.7. The summed E-state index contributed by atoms with van der Waals surface area (Å²) >= 11 is 0. The molecule has 0 spiro atoms. The lowest BCUT2D eigenvalue weighted by Gasteiger charge is -2.21. The normalized spacial score (nSPS) is 23.2. The van der Waals surface area contributed by atoms with E-state index in [2.05, 4.69) is 20.5 Å². The Bertz CT molecular complexity index is 404. The van der Waals surface area contributed by atoms with Crippen LogP contribution in [0.5, 0.6) is 0 Å². The topological polar surface area (TPSA) is 60.0 Å². The zero-order valence-corrected chi connectivity index (χ0v) is 15.5. The number of carbonyl (C=O) groups excluding carboxylic acids is 1. The van der Waals surface area contributed by atoms with Gasteiger partial charge in [-0.3, -0.25) is 9.79 Å². The van der Waals surface area contributed by atoms with Gasteiger partial charge < -0.3 is 20.4 Å². The molecule has 0 bridgehead atoms. The Morgan fingerprint density at radius 2 is 1.92 bits per heavy atom. The molecular formula is C18H35N5O. The molecule has 2 saturated heterocycles. The molecule has 0 radical (unpaired) electrons. The molecule has 1 unspecified atom stereocenters. The van der Waals surface area contributed by atoms with E-state index in [4.69, 9.17) is 0 Å². The van der Waals surface area contributed by atoms with Crippen molar-refractivity contribution >= 4 is 11.9 Å². The SMILES string of the molecule is CCC(=O)N1CCC(NC(=NC)NCCCN2CCCCCC2)C1. The molecule has 1 amide bonds. The van der Waals surface area contributed by atoms with Gasteiger partial charge >= 0.3 is 0 Å². The first kappa shape index (κ1) is 19.0. The molecule has 0 aromatic carbocycles. The van der Waals surface area contributed by atoms with E-state index in [1.807, 2.05) is 18.9 Å². The van der Waals surface area contributed by atoms with E-state index in [1.165, 1.54) is 45.3 Å². The number of hydrogen-bond acceptors (Lipinski definition) is 3. The molecule has 2 aliphatic rings. The van der Waals surface area contributed by atoms with Crippen LogP contribution in [-0.2, 0) is 4.79 Å². The molecule has 1 atom stereocenters. The minimum absolute atomic E-state index is 0.250. The number of rotatable bonds is 6. The fourth-order valence-electron chi connectivity index (χ4n) is 3.59. The number of hydrogen-bond donors (Lipinski definition) is 2. The Balaban J connectivity index is 1.61. The van der Waals surface area contributed by atoms with Gasteiger partial charge in [-0.05, 0) is 45.3 Å². The Labute approximate surface area is 147 Å². The molecule has 2 heterocycles. The van der Waals surface area contributed by atoms with Crippen molar-refractivity contribution in [3.8, 4) is 0 Å². The third-order valence-electron chi connectivity index (χ3n) is 5.05. The zero-order chi connectivity index (χ0) is 17.2. The van der Waals surface area contributed by atoms with E-state index >= 15 is 0 Å². The van der Waals surface area contributed by atoms with E-state index in [1.54, 1.807) is 0 Å². The molecule has 2 fully saturated rings. The fraction of sp³-hybridized carbons (Fsp3) is 0.889. The summed E-state index contributed by atoms with van der Waals surface area (Å²) in [5.74, 6) is 1.11. The highest BCUT2D eigenvalue weighted by Gasteiger charge is 2.25. The highest BCUT2D eigenvalue weighted by Crippen LogP contribution is 2.11. The minimum atomic E-state index is 0.250. The number of aliphatic imine (C=N–C) groups is 1. The Hall–Kier alpha value is -1.30. The Morgan fingerprint density at radius 3 is 2.58 bits per heavy atom. The van der Waals surface area contributed by atoms with Crippen molar-refractivity contribution < 1.29 is 4.79 Å². The number of amides is 1. The summed E-state index contributed by atoms with van der Waals surface area (Å²) in [5, 5.41) is 6.87. The van der Waals surface area contributed by atoms with Gasteiger partial charge in [0.25, 0.3) is 0 Å². The largest absolute Gasteiger partial charge is 0.356 e. The standard InChI is InChI=1S/C18H35N5O/c1-3-17(24)23-14-9-16(15-23)21-18(19-2)20-10-8-13-22-11-6-4-5-7-12-22/h16H,3-15H2,1-2H3,(H2,19,20,21). The average Bonchev–Trinajstić information content (AvgIpc) is 2.91. The predicted octanol–water partition coefficient (Wildman–Crippen LogP) is 1.43. The third kappa shape index (κ3) is 6.30. The fourth-order valence-corrected chi connectivity index (χ4v) is 3.59. The monoisotopic (exact) mass is 337 g/mol. The van der Waals surface area contributed by atoms with E-state index in [9.17, 15) is 4.79 Å². The van der Waals surface area contributed by atoms with Crippen LogP contribution in [0, 0.1) is 0 Å². The molecule has 0 aliphatic carbocycles. The quantitative estimate of drug-likeness (QED) is 0.437. The van der Waals surface area contributed by atoms with Gasteiger partial charge in [-0.15, -0.1) is 0 Å². The second kappa shape index (κ2) is 10.5. The summed E-state index contributed by atoms with van der Waals surface area (Å²) in [5.41, 5.74) is 0. The zero-order valence-electron chi connectivity index (χ0n) is 15.5. The van der Waals surface area contributed by atoms with Gasteiger partial charge in [0.2, 0.25) is 5.91 Å². The highest BCUT2D eigenvalue weighted by atomic mass is 16.2. The molecule has 6 heteroatoms. The summed E-state index contributed by atoms with van der Waals surface area (Å²) in [6.45, 7) is 8.21. The first-order valence-corrected chi connectivity index (χ1v) is 9.70. The molecular weight excluding hydrogens is 302 g/mol. The maximum absolute atomic E-state index is 11.7. The summed E-state index contributed by atoms with van der Waals surface area (Å²) < 4.78 is 0. The number of nitrogens with zero attached hydrogens (tertiary/aromatic N) is 3. The molecule has 24 heavy (non-hydrogen) atoms. The molecule has 2 rings (SSSR count). The molecule has 2 N–H and O–H groups in total. The van der Waals surface area contributed by atoms with E-state index < -0.39 is 0 Å². The van der Waals surface area contributed by atoms with E-state index in [0.29, 0.717) is 12.5 Å². The summed E-state index contributed by atoms with van der Waals surface area (Å²) in [6.07, 6.45) is 8.23. The van der Waals surface area contributed by atoms with Crippen molar-refractivity contribution in [2.75, 3.05) is 46.3 Å². The van der Waals surface area contributed by atoms with Crippen LogP contribution < -0.4 is 10.6 Å². The average molecular weight is 338 g/mol. The molecule has 0 aromatic rings. The van der Waals surface area contributed by atoms with Gasteiger partial charge in [0.15, 0.2) is 5.96 Å². The van der Waals surface area contributed by atoms with Gasteiger partial charge in [0.05, 0.1) is 0 Å². The predicted molar refractivity (Wildman–Crippen MR) is 99.3 cm³/mol. The number of carbonyl (C=O) groups is 1. The Morgan fingerprint density at radius 1 is 1.17 bits per heavy atom. The Kier molecular flexibility index (Phi) is 8.36. The van der Waals surface area contributed by atoms with Crippen LogP contribution in [0.1, 0.15) is 51.9 Å². The van der Waals surface area contributed by atoms with Crippen molar-refractivity contribution in [1.82, 2.24) is 20.4 Å². The van der Waals surface area contributed by atoms with Crippen molar-refractivity contribution in [2.24, 2.45) is 4.99 Å². The van der Waals surface area contributed by atoms with Crippen LogP contribution in [0.3, 0.4) is 0 Å². The van der Waals surface area contributed by atoms with Crippen LogP contribution in [0.4, 0.5) is 0 Å². The summed E-state index contributed by atoms with van der Waals surface area (Å²) in [7, 11) is 1.81. The van der Waals surface area contributed by atoms with Crippen LogP contribution in [-0.4, -0.2) is 74.0 Å². The van der Waals surface area contributed by atoms with Gasteiger partial charge in [-0.1, -0.05) is 19.8 Å². The molecule has 0 aromatic heterocycles.